The lowest BCUT2D eigenvalue weighted by Crippen LogP contribution is -1.97. The zero-order valence-corrected chi connectivity index (χ0v) is 14.0. The third-order valence-electron chi connectivity index (χ3n) is 3.20. The maximum atomic E-state index is 5.50. The number of nitrogens with zero attached hydrogens (tertiary/aromatic N) is 3. The molecule has 0 amide bonds. The minimum Gasteiger partial charge on any atom is -0.493 e. The van der Waals surface area contributed by atoms with E-state index in [-0.39, 0.29) is 0 Å². The zero-order chi connectivity index (χ0) is 16.9. The SMILES string of the molecule is CCOc1ccc(C=Nn2c(-c3ccco3)n[nH]c2=S)cc1OC. The van der Waals surface area contributed by atoms with Gasteiger partial charge in [-0.25, -0.2) is 5.10 Å². The Labute approximate surface area is 143 Å². The fourth-order valence-corrected chi connectivity index (χ4v) is 2.31. The van der Waals surface area contributed by atoms with E-state index < -0.39 is 0 Å². The number of ether oxygens (including phenoxy) is 2. The van der Waals surface area contributed by atoms with Gasteiger partial charge in [-0.05, 0) is 55.0 Å². The Morgan fingerprint density at radius 1 is 1.38 bits per heavy atom. The fourth-order valence-electron chi connectivity index (χ4n) is 2.13. The van der Waals surface area contributed by atoms with Crippen molar-refractivity contribution >= 4 is 18.4 Å². The Kier molecular flexibility index (Phi) is 4.76. The molecule has 0 radical (unpaired) electrons. The molecule has 0 atom stereocenters. The highest BCUT2D eigenvalue weighted by Crippen LogP contribution is 2.27. The summed E-state index contributed by atoms with van der Waals surface area (Å²) in [7, 11) is 1.60. The van der Waals surface area contributed by atoms with Gasteiger partial charge in [-0.2, -0.15) is 9.78 Å². The Balaban J connectivity index is 1.92. The second-order valence-corrected chi connectivity index (χ2v) is 5.12. The van der Waals surface area contributed by atoms with E-state index in [0.29, 0.717) is 34.5 Å². The van der Waals surface area contributed by atoms with Crippen LogP contribution in [-0.2, 0) is 0 Å². The molecule has 3 rings (SSSR count). The molecule has 1 N–H and O–H groups in total. The van der Waals surface area contributed by atoms with E-state index in [2.05, 4.69) is 15.3 Å². The van der Waals surface area contributed by atoms with Gasteiger partial charge in [0.1, 0.15) is 0 Å². The number of hydrogen-bond donors (Lipinski definition) is 1. The maximum Gasteiger partial charge on any atom is 0.219 e. The molecule has 0 bridgehead atoms. The first kappa shape index (κ1) is 16.0. The summed E-state index contributed by atoms with van der Waals surface area (Å²) in [6.07, 6.45) is 3.23. The third-order valence-corrected chi connectivity index (χ3v) is 3.47. The minimum atomic E-state index is 0.371. The first-order chi connectivity index (χ1) is 11.7. The van der Waals surface area contributed by atoms with E-state index in [1.165, 1.54) is 4.68 Å². The minimum absolute atomic E-state index is 0.371. The molecule has 2 aromatic heterocycles. The van der Waals surface area contributed by atoms with Crippen LogP contribution in [0.25, 0.3) is 11.6 Å². The van der Waals surface area contributed by atoms with Gasteiger partial charge in [-0.15, -0.1) is 5.10 Å². The zero-order valence-electron chi connectivity index (χ0n) is 13.2. The van der Waals surface area contributed by atoms with Gasteiger partial charge in [-0.3, -0.25) is 0 Å². The number of aromatic nitrogens is 3. The van der Waals surface area contributed by atoms with Gasteiger partial charge in [0, 0.05) is 0 Å². The van der Waals surface area contributed by atoms with E-state index in [1.807, 2.05) is 25.1 Å². The highest BCUT2D eigenvalue weighted by atomic mass is 32.1. The van der Waals surface area contributed by atoms with Gasteiger partial charge in [0.15, 0.2) is 17.3 Å². The Morgan fingerprint density at radius 3 is 2.96 bits per heavy atom. The average molecular weight is 344 g/mol. The third kappa shape index (κ3) is 3.23. The Morgan fingerprint density at radius 2 is 2.25 bits per heavy atom. The monoisotopic (exact) mass is 344 g/mol. The molecule has 24 heavy (non-hydrogen) atoms. The van der Waals surface area contributed by atoms with Crippen molar-refractivity contribution < 1.29 is 13.9 Å². The standard InChI is InChI=1S/C16H16N4O3S/c1-3-22-12-7-6-11(9-14(12)21-2)10-17-20-15(18-19-16(20)24)13-5-4-8-23-13/h4-10H,3H2,1-2H3,(H,19,24). The molecule has 124 valence electrons. The summed E-state index contributed by atoms with van der Waals surface area (Å²) in [6.45, 7) is 2.49. The largest absolute Gasteiger partial charge is 0.493 e. The van der Waals surface area contributed by atoms with E-state index >= 15 is 0 Å². The lowest BCUT2D eigenvalue weighted by atomic mass is 10.2. The molecule has 0 aliphatic rings. The summed E-state index contributed by atoms with van der Waals surface area (Å²) in [5, 5.41) is 11.2. The van der Waals surface area contributed by atoms with Gasteiger partial charge >= 0.3 is 0 Å². The highest BCUT2D eigenvalue weighted by molar-refractivity contribution is 7.71. The highest BCUT2D eigenvalue weighted by Gasteiger charge is 2.10. The van der Waals surface area contributed by atoms with Gasteiger partial charge < -0.3 is 13.9 Å². The lowest BCUT2D eigenvalue weighted by molar-refractivity contribution is 0.311. The van der Waals surface area contributed by atoms with Crippen LogP contribution in [0.15, 0.2) is 46.1 Å². The van der Waals surface area contributed by atoms with Crippen molar-refractivity contribution in [3.05, 3.63) is 46.9 Å². The molecule has 2 heterocycles. The Bertz CT molecular complexity index is 896. The second-order valence-electron chi connectivity index (χ2n) is 4.73. The molecule has 0 aliphatic carbocycles. The molecule has 0 spiro atoms. The number of rotatable bonds is 6. The summed E-state index contributed by atoms with van der Waals surface area (Å²) in [6, 6.07) is 9.12. The number of hydrogen-bond acceptors (Lipinski definition) is 6. The van der Waals surface area contributed by atoms with Crippen LogP contribution in [-0.4, -0.2) is 34.8 Å². The lowest BCUT2D eigenvalue weighted by Gasteiger charge is -2.09. The van der Waals surface area contributed by atoms with Crippen LogP contribution < -0.4 is 9.47 Å². The van der Waals surface area contributed by atoms with Crippen LogP contribution in [0, 0.1) is 4.77 Å². The van der Waals surface area contributed by atoms with Crippen LogP contribution in [0.1, 0.15) is 12.5 Å². The van der Waals surface area contributed by atoms with E-state index in [0.717, 1.165) is 5.56 Å². The molecule has 0 saturated carbocycles. The van der Waals surface area contributed by atoms with Crippen molar-refractivity contribution in [2.45, 2.75) is 6.92 Å². The summed E-state index contributed by atoms with van der Waals surface area (Å²) in [5.41, 5.74) is 0.837. The van der Waals surface area contributed by atoms with Crippen LogP contribution in [0.3, 0.4) is 0 Å². The molecular weight excluding hydrogens is 328 g/mol. The first-order valence-corrected chi connectivity index (χ1v) is 7.70. The van der Waals surface area contributed by atoms with Gasteiger partial charge in [0.2, 0.25) is 10.6 Å². The number of methoxy groups -OCH3 is 1. The van der Waals surface area contributed by atoms with E-state index in [1.54, 1.807) is 31.7 Å². The molecule has 1 aromatic carbocycles. The van der Waals surface area contributed by atoms with Crippen molar-refractivity contribution in [3.63, 3.8) is 0 Å². The maximum absolute atomic E-state index is 5.50. The molecule has 7 nitrogen and oxygen atoms in total. The van der Waals surface area contributed by atoms with Crippen molar-refractivity contribution in [2.24, 2.45) is 5.10 Å². The predicted molar refractivity (Wildman–Crippen MR) is 92.3 cm³/mol. The summed E-state index contributed by atoms with van der Waals surface area (Å²) >= 11 is 5.21. The fraction of sp³-hybridized carbons (Fsp3) is 0.188. The summed E-state index contributed by atoms with van der Waals surface area (Å²) in [5.74, 6) is 2.40. The molecule has 3 aromatic rings. The van der Waals surface area contributed by atoms with Crippen molar-refractivity contribution in [2.75, 3.05) is 13.7 Å². The molecular formula is C16H16N4O3S. The Hall–Kier alpha value is -2.87. The van der Waals surface area contributed by atoms with Gasteiger partial charge in [0.05, 0.1) is 26.2 Å². The normalized spacial score (nSPS) is 11.1. The van der Waals surface area contributed by atoms with Crippen molar-refractivity contribution in [3.8, 4) is 23.1 Å². The first-order valence-electron chi connectivity index (χ1n) is 7.29. The average Bonchev–Trinajstić information content (AvgIpc) is 3.24. The predicted octanol–water partition coefficient (Wildman–Crippen LogP) is 3.49. The van der Waals surface area contributed by atoms with Gasteiger partial charge in [0.25, 0.3) is 0 Å². The van der Waals surface area contributed by atoms with E-state index in [4.69, 9.17) is 26.1 Å². The molecule has 0 fully saturated rings. The quantitative estimate of drug-likeness (QED) is 0.547. The van der Waals surface area contributed by atoms with Crippen LogP contribution >= 0.6 is 12.2 Å². The van der Waals surface area contributed by atoms with E-state index in [9.17, 15) is 0 Å². The topological polar surface area (TPSA) is 77.6 Å². The molecule has 0 unspecified atom stereocenters. The molecule has 0 aliphatic heterocycles. The summed E-state index contributed by atoms with van der Waals surface area (Å²) < 4.78 is 18.0. The smallest absolute Gasteiger partial charge is 0.219 e. The number of benzene rings is 1. The van der Waals surface area contributed by atoms with Crippen LogP contribution in [0.5, 0.6) is 11.5 Å². The van der Waals surface area contributed by atoms with Gasteiger partial charge in [-0.1, -0.05) is 0 Å². The molecule has 8 heteroatoms. The van der Waals surface area contributed by atoms with Crippen LogP contribution in [0.2, 0.25) is 0 Å². The number of nitrogens with one attached hydrogen (secondary N) is 1. The summed E-state index contributed by atoms with van der Waals surface area (Å²) in [4.78, 5) is 0. The van der Waals surface area contributed by atoms with Crippen molar-refractivity contribution in [1.29, 1.82) is 0 Å². The second kappa shape index (κ2) is 7.14. The number of H-pyrrole nitrogens is 1. The van der Waals surface area contributed by atoms with Crippen LogP contribution in [0.4, 0.5) is 0 Å². The van der Waals surface area contributed by atoms with Crippen molar-refractivity contribution in [1.82, 2.24) is 14.9 Å². The number of aromatic amines is 1. The molecule has 0 saturated heterocycles. The number of furan rings is 1.